The highest BCUT2D eigenvalue weighted by molar-refractivity contribution is 6.30. The van der Waals surface area contributed by atoms with E-state index in [4.69, 9.17) is 17.3 Å². The minimum absolute atomic E-state index is 0.0864. The summed E-state index contributed by atoms with van der Waals surface area (Å²) in [6, 6.07) is 12.6. The van der Waals surface area contributed by atoms with Crippen molar-refractivity contribution in [3.63, 3.8) is 0 Å². The van der Waals surface area contributed by atoms with Crippen molar-refractivity contribution in [1.29, 1.82) is 0 Å². The molecule has 88 valence electrons. The summed E-state index contributed by atoms with van der Waals surface area (Å²) in [5.74, 6) is 0.0864. The highest BCUT2D eigenvalue weighted by Crippen LogP contribution is 2.30. The number of hydrogen-bond acceptors (Lipinski definition) is 3. The molecule has 0 aliphatic carbocycles. The van der Waals surface area contributed by atoms with Gasteiger partial charge < -0.3 is 15.7 Å². The Morgan fingerprint density at radius 3 is 2.24 bits per heavy atom. The van der Waals surface area contributed by atoms with Crippen LogP contribution >= 0.6 is 11.6 Å². The first kappa shape index (κ1) is 11.6. The quantitative estimate of drug-likeness (QED) is 0.633. The predicted octanol–water partition coefficient (Wildman–Crippen LogP) is 3.40. The van der Waals surface area contributed by atoms with Crippen molar-refractivity contribution in [2.75, 3.05) is 17.7 Å². The van der Waals surface area contributed by atoms with Gasteiger partial charge in [0, 0.05) is 29.5 Å². The van der Waals surface area contributed by atoms with Crippen molar-refractivity contribution in [2.24, 2.45) is 0 Å². The predicted molar refractivity (Wildman–Crippen MR) is 72.0 cm³/mol. The first-order chi connectivity index (χ1) is 8.08. The van der Waals surface area contributed by atoms with Crippen LogP contribution in [-0.2, 0) is 0 Å². The molecule has 0 aromatic heterocycles. The number of phenols is 1. The maximum Gasteiger partial charge on any atom is 0.140 e. The zero-order chi connectivity index (χ0) is 12.4. The smallest absolute Gasteiger partial charge is 0.140 e. The molecule has 17 heavy (non-hydrogen) atoms. The van der Waals surface area contributed by atoms with E-state index in [0.29, 0.717) is 10.7 Å². The summed E-state index contributed by atoms with van der Waals surface area (Å²) in [4.78, 5) is 1.94. The van der Waals surface area contributed by atoms with Gasteiger partial charge in [-0.2, -0.15) is 0 Å². The van der Waals surface area contributed by atoms with Gasteiger partial charge in [-0.15, -0.1) is 0 Å². The highest BCUT2D eigenvalue weighted by Gasteiger charge is 2.06. The number of rotatable bonds is 2. The van der Waals surface area contributed by atoms with Gasteiger partial charge in [-0.1, -0.05) is 11.6 Å². The second kappa shape index (κ2) is 4.55. The van der Waals surface area contributed by atoms with Crippen molar-refractivity contribution in [1.82, 2.24) is 0 Å². The van der Waals surface area contributed by atoms with Gasteiger partial charge in [-0.3, -0.25) is 0 Å². The molecule has 0 aliphatic rings. The summed E-state index contributed by atoms with van der Waals surface area (Å²) in [5.41, 5.74) is 7.78. The fourth-order valence-electron chi connectivity index (χ4n) is 1.55. The Kier molecular flexibility index (Phi) is 3.11. The summed E-state index contributed by atoms with van der Waals surface area (Å²) in [7, 11) is 1.91. The monoisotopic (exact) mass is 248 g/mol. The Morgan fingerprint density at radius 1 is 1.06 bits per heavy atom. The molecule has 4 heteroatoms. The van der Waals surface area contributed by atoms with Gasteiger partial charge in [0.2, 0.25) is 0 Å². The minimum atomic E-state index is 0.0864. The van der Waals surface area contributed by atoms with Crippen LogP contribution in [0.25, 0.3) is 0 Å². The molecule has 2 aromatic rings. The molecular formula is C13H13ClN2O. The van der Waals surface area contributed by atoms with Gasteiger partial charge in [0.1, 0.15) is 5.75 Å². The zero-order valence-electron chi connectivity index (χ0n) is 9.39. The van der Waals surface area contributed by atoms with Crippen molar-refractivity contribution >= 4 is 28.7 Å². The molecule has 0 atom stereocenters. The van der Waals surface area contributed by atoms with Crippen LogP contribution in [0.1, 0.15) is 0 Å². The summed E-state index contributed by atoms with van der Waals surface area (Å²) < 4.78 is 0. The summed E-state index contributed by atoms with van der Waals surface area (Å²) in [5, 5.41) is 10.3. The molecule has 2 rings (SSSR count). The molecule has 0 fully saturated rings. The highest BCUT2D eigenvalue weighted by atomic mass is 35.5. The van der Waals surface area contributed by atoms with E-state index in [1.165, 1.54) is 0 Å². The number of anilines is 3. The number of phenolic OH excluding ortho intramolecular Hbond substituents is 1. The zero-order valence-corrected chi connectivity index (χ0v) is 10.1. The third-order valence-electron chi connectivity index (χ3n) is 2.62. The van der Waals surface area contributed by atoms with E-state index >= 15 is 0 Å². The second-order valence-corrected chi connectivity index (χ2v) is 4.21. The molecular weight excluding hydrogens is 236 g/mol. The van der Waals surface area contributed by atoms with E-state index in [0.717, 1.165) is 11.4 Å². The standard InChI is InChI=1S/C13H13ClN2O/c1-16(10-4-2-9(14)3-5-10)11-6-7-12(15)13(17)8-11/h2-8,17H,15H2,1H3. The lowest BCUT2D eigenvalue weighted by molar-refractivity contribution is 0.478. The lowest BCUT2D eigenvalue weighted by atomic mass is 10.2. The SMILES string of the molecule is CN(c1ccc(Cl)cc1)c1ccc(N)c(O)c1. The molecule has 0 saturated heterocycles. The summed E-state index contributed by atoms with van der Waals surface area (Å²) >= 11 is 5.83. The Bertz CT molecular complexity index is 525. The molecule has 0 bridgehead atoms. The number of nitrogen functional groups attached to an aromatic ring is 1. The van der Waals surface area contributed by atoms with E-state index < -0.39 is 0 Å². The van der Waals surface area contributed by atoms with Crippen molar-refractivity contribution in [3.05, 3.63) is 47.5 Å². The van der Waals surface area contributed by atoms with Crippen molar-refractivity contribution < 1.29 is 5.11 Å². The Hall–Kier alpha value is -1.87. The fourth-order valence-corrected chi connectivity index (χ4v) is 1.68. The second-order valence-electron chi connectivity index (χ2n) is 3.78. The average molecular weight is 249 g/mol. The molecule has 0 unspecified atom stereocenters. The Balaban J connectivity index is 2.33. The number of aromatic hydroxyl groups is 1. The fraction of sp³-hybridized carbons (Fsp3) is 0.0769. The molecule has 3 nitrogen and oxygen atoms in total. The normalized spacial score (nSPS) is 10.2. The van der Waals surface area contributed by atoms with E-state index in [9.17, 15) is 5.11 Å². The number of hydrogen-bond donors (Lipinski definition) is 2. The minimum Gasteiger partial charge on any atom is -0.506 e. The van der Waals surface area contributed by atoms with Crippen LogP contribution in [0.3, 0.4) is 0 Å². The van der Waals surface area contributed by atoms with Gasteiger partial charge in [0.15, 0.2) is 0 Å². The number of halogens is 1. The van der Waals surface area contributed by atoms with Crippen LogP contribution in [-0.4, -0.2) is 12.2 Å². The molecule has 0 amide bonds. The third-order valence-corrected chi connectivity index (χ3v) is 2.87. The van der Waals surface area contributed by atoms with Crippen LogP contribution in [0.5, 0.6) is 5.75 Å². The summed E-state index contributed by atoms with van der Waals surface area (Å²) in [6.07, 6.45) is 0. The van der Waals surface area contributed by atoms with Gasteiger partial charge in [0.25, 0.3) is 0 Å². The summed E-state index contributed by atoms with van der Waals surface area (Å²) in [6.45, 7) is 0. The van der Waals surface area contributed by atoms with E-state index in [1.54, 1.807) is 12.1 Å². The first-order valence-electron chi connectivity index (χ1n) is 5.16. The van der Waals surface area contributed by atoms with Crippen molar-refractivity contribution in [3.8, 4) is 5.75 Å². The van der Waals surface area contributed by atoms with Gasteiger partial charge in [-0.25, -0.2) is 0 Å². The van der Waals surface area contributed by atoms with Crippen LogP contribution in [0, 0.1) is 0 Å². The van der Waals surface area contributed by atoms with E-state index in [2.05, 4.69) is 0 Å². The topological polar surface area (TPSA) is 49.5 Å². The number of nitrogens with zero attached hydrogens (tertiary/aromatic N) is 1. The Labute approximate surface area is 105 Å². The average Bonchev–Trinajstić information content (AvgIpc) is 2.33. The lowest BCUT2D eigenvalue weighted by Gasteiger charge is -2.20. The molecule has 2 aromatic carbocycles. The van der Waals surface area contributed by atoms with Crippen LogP contribution in [0.4, 0.5) is 17.1 Å². The van der Waals surface area contributed by atoms with E-state index in [-0.39, 0.29) is 5.75 Å². The molecule has 0 saturated carbocycles. The Morgan fingerprint density at radius 2 is 1.65 bits per heavy atom. The largest absolute Gasteiger partial charge is 0.506 e. The maximum absolute atomic E-state index is 9.57. The van der Waals surface area contributed by atoms with Crippen LogP contribution in [0.15, 0.2) is 42.5 Å². The third kappa shape index (κ3) is 2.45. The van der Waals surface area contributed by atoms with Crippen molar-refractivity contribution in [2.45, 2.75) is 0 Å². The molecule has 0 aliphatic heterocycles. The van der Waals surface area contributed by atoms with Crippen LogP contribution < -0.4 is 10.6 Å². The number of benzene rings is 2. The molecule has 3 N–H and O–H groups in total. The van der Waals surface area contributed by atoms with Crippen LogP contribution in [0.2, 0.25) is 5.02 Å². The number of nitrogens with two attached hydrogens (primary N) is 1. The molecule has 0 heterocycles. The van der Waals surface area contributed by atoms with E-state index in [1.807, 2.05) is 42.3 Å². The maximum atomic E-state index is 9.57. The first-order valence-corrected chi connectivity index (χ1v) is 5.53. The molecule has 0 radical (unpaired) electrons. The van der Waals surface area contributed by atoms with Gasteiger partial charge in [-0.05, 0) is 36.4 Å². The lowest BCUT2D eigenvalue weighted by Crippen LogP contribution is -2.09. The van der Waals surface area contributed by atoms with Gasteiger partial charge >= 0.3 is 0 Å². The van der Waals surface area contributed by atoms with Gasteiger partial charge in [0.05, 0.1) is 5.69 Å². The molecule has 0 spiro atoms.